The molecule has 4 heteroatoms. The molecule has 1 atom stereocenters. The van der Waals surface area contributed by atoms with Gasteiger partial charge in [0.1, 0.15) is 12.4 Å². The number of benzene rings is 3. The maximum absolute atomic E-state index is 5.91. The van der Waals surface area contributed by atoms with Gasteiger partial charge in [-0.05, 0) is 47.4 Å². The third-order valence-corrected chi connectivity index (χ3v) is 4.83. The van der Waals surface area contributed by atoms with Gasteiger partial charge >= 0.3 is 0 Å². The van der Waals surface area contributed by atoms with Gasteiger partial charge in [-0.1, -0.05) is 79.5 Å². The quantitative estimate of drug-likeness (QED) is 0.407. The second-order valence-corrected chi connectivity index (χ2v) is 7.13. The Morgan fingerprint density at radius 2 is 1.50 bits per heavy atom. The summed E-state index contributed by atoms with van der Waals surface area (Å²) >= 11 is 5.91. The predicted molar refractivity (Wildman–Crippen MR) is 120 cm³/mol. The van der Waals surface area contributed by atoms with Gasteiger partial charge in [-0.2, -0.15) is 0 Å². The highest BCUT2D eigenvalue weighted by Gasteiger charge is 2.09. The van der Waals surface area contributed by atoms with Gasteiger partial charge in [0.15, 0.2) is 0 Å². The summed E-state index contributed by atoms with van der Waals surface area (Å²) in [6.45, 7) is 3.61. The third kappa shape index (κ3) is 6.87. The maximum Gasteiger partial charge on any atom is 0.119 e. The van der Waals surface area contributed by atoms with Crippen LogP contribution in [0.15, 0.2) is 78.9 Å². The van der Waals surface area contributed by atoms with E-state index in [-0.39, 0.29) is 12.4 Å². The number of hydrogen-bond donors (Lipinski definition) is 1. The lowest BCUT2D eigenvalue weighted by Gasteiger charge is -2.19. The molecule has 1 N–H and O–H groups in total. The van der Waals surface area contributed by atoms with Gasteiger partial charge in [-0.25, -0.2) is 0 Å². The highest BCUT2D eigenvalue weighted by Crippen LogP contribution is 2.20. The van der Waals surface area contributed by atoms with Crippen LogP contribution in [0.25, 0.3) is 0 Å². The van der Waals surface area contributed by atoms with Crippen molar-refractivity contribution in [3.8, 4) is 5.75 Å². The van der Waals surface area contributed by atoms with Crippen molar-refractivity contribution in [1.29, 1.82) is 0 Å². The van der Waals surface area contributed by atoms with Crippen LogP contribution in [0.2, 0.25) is 5.02 Å². The fourth-order valence-corrected chi connectivity index (χ4v) is 3.18. The summed E-state index contributed by atoms with van der Waals surface area (Å²) < 4.78 is 5.86. The fourth-order valence-electron chi connectivity index (χ4n) is 3.05. The lowest BCUT2D eigenvalue weighted by molar-refractivity contribution is 0.306. The normalized spacial score (nSPS) is 11.5. The topological polar surface area (TPSA) is 21.3 Å². The van der Waals surface area contributed by atoms with Crippen LogP contribution in [0.1, 0.15) is 42.5 Å². The van der Waals surface area contributed by atoms with Crippen molar-refractivity contribution in [2.75, 3.05) is 0 Å². The second kappa shape index (κ2) is 11.8. The van der Waals surface area contributed by atoms with Crippen molar-refractivity contribution in [3.63, 3.8) is 0 Å². The molecule has 0 aliphatic carbocycles. The number of ether oxygens (including phenoxy) is 1. The zero-order valence-corrected chi connectivity index (χ0v) is 17.7. The Morgan fingerprint density at radius 3 is 2.14 bits per heavy atom. The summed E-state index contributed by atoms with van der Waals surface area (Å²) in [7, 11) is 0. The summed E-state index contributed by atoms with van der Waals surface area (Å²) in [5, 5.41) is 4.43. The Labute approximate surface area is 179 Å². The first-order chi connectivity index (χ1) is 13.2. The van der Waals surface area contributed by atoms with E-state index in [0.717, 1.165) is 35.7 Å². The number of nitrogens with one attached hydrogen (secondary N) is 1. The molecule has 0 saturated carbocycles. The van der Waals surface area contributed by atoms with Crippen LogP contribution in [0.4, 0.5) is 0 Å². The minimum absolute atomic E-state index is 0. The van der Waals surface area contributed by atoms with Crippen LogP contribution in [-0.2, 0) is 13.2 Å². The molecule has 28 heavy (non-hydrogen) atoms. The molecule has 3 aromatic rings. The standard InChI is InChI=1S/C24H26ClNO.ClH/c1-2-6-24(21-7-4-3-5-8-21)26-17-19-11-15-23(16-12-19)27-18-20-9-13-22(25)14-10-20;/h3-5,7-16,24,26H,2,6,17-18H2,1H3;1H. The number of hydrogen-bond acceptors (Lipinski definition) is 2. The molecule has 3 rings (SSSR count). The van der Waals surface area contributed by atoms with Crippen molar-refractivity contribution in [1.82, 2.24) is 5.32 Å². The molecule has 0 radical (unpaired) electrons. The minimum atomic E-state index is 0. The molecule has 3 aromatic carbocycles. The van der Waals surface area contributed by atoms with E-state index in [4.69, 9.17) is 16.3 Å². The Kier molecular flexibility index (Phi) is 9.36. The van der Waals surface area contributed by atoms with Crippen molar-refractivity contribution >= 4 is 24.0 Å². The SMILES string of the molecule is CCCC(NCc1ccc(OCc2ccc(Cl)cc2)cc1)c1ccccc1.Cl. The van der Waals surface area contributed by atoms with Crippen LogP contribution in [0, 0.1) is 0 Å². The lowest BCUT2D eigenvalue weighted by Crippen LogP contribution is -2.20. The van der Waals surface area contributed by atoms with Gasteiger partial charge in [0.25, 0.3) is 0 Å². The van der Waals surface area contributed by atoms with Crippen molar-refractivity contribution in [2.24, 2.45) is 0 Å². The lowest BCUT2D eigenvalue weighted by atomic mass is 10.0. The minimum Gasteiger partial charge on any atom is -0.489 e. The van der Waals surface area contributed by atoms with Gasteiger partial charge in [0.05, 0.1) is 0 Å². The van der Waals surface area contributed by atoms with Crippen molar-refractivity contribution in [3.05, 3.63) is 101 Å². The molecule has 0 aliphatic heterocycles. The van der Waals surface area contributed by atoms with Crippen LogP contribution < -0.4 is 10.1 Å². The summed E-state index contributed by atoms with van der Waals surface area (Å²) in [5.74, 6) is 0.877. The molecule has 148 valence electrons. The molecular formula is C24H27Cl2NO. The first-order valence-electron chi connectivity index (χ1n) is 9.49. The molecule has 0 spiro atoms. The van der Waals surface area contributed by atoms with Crippen LogP contribution in [-0.4, -0.2) is 0 Å². The highest BCUT2D eigenvalue weighted by atomic mass is 35.5. The monoisotopic (exact) mass is 415 g/mol. The van der Waals surface area contributed by atoms with E-state index >= 15 is 0 Å². The van der Waals surface area contributed by atoms with E-state index in [1.165, 1.54) is 11.1 Å². The van der Waals surface area contributed by atoms with E-state index in [2.05, 4.69) is 54.7 Å². The molecule has 0 saturated heterocycles. The molecule has 0 aliphatic rings. The van der Waals surface area contributed by atoms with E-state index < -0.39 is 0 Å². The second-order valence-electron chi connectivity index (χ2n) is 6.69. The predicted octanol–water partition coefficient (Wildman–Crippen LogP) is 6.97. The van der Waals surface area contributed by atoms with Gasteiger partial charge in [0.2, 0.25) is 0 Å². The number of halogens is 2. The molecular weight excluding hydrogens is 389 g/mol. The largest absolute Gasteiger partial charge is 0.489 e. The van der Waals surface area contributed by atoms with Crippen molar-refractivity contribution in [2.45, 2.75) is 39.0 Å². The average molecular weight is 416 g/mol. The van der Waals surface area contributed by atoms with Gasteiger partial charge in [-0.3, -0.25) is 0 Å². The van der Waals surface area contributed by atoms with E-state index in [0.29, 0.717) is 12.6 Å². The fraction of sp³-hybridized carbons (Fsp3) is 0.250. The number of rotatable bonds is 9. The zero-order valence-electron chi connectivity index (χ0n) is 16.1. The first kappa shape index (κ1) is 22.3. The molecule has 2 nitrogen and oxygen atoms in total. The highest BCUT2D eigenvalue weighted by molar-refractivity contribution is 6.30. The Balaban J connectivity index is 0.00000280. The van der Waals surface area contributed by atoms with E-state index in [1.54, 1.807) is 0 Å². The molecule has 0 heterocycles. The Hall–Kier alpha value is -2.00. The van der Waals surface area contributed by atoms with Crippen LogP contribution in [0.3, 0.4) is 0 Å². The zero-order chi connectivity index (χ0) is 18.9. The van der Waals surface area contributed by atoms with Crippen molar-refractivity contribution < 1.29 is 4.74 Å². The summed E-state index contributed by atoms with van der Waals surface area (Å²) in [6.07, 6.45) is 2.29. The third-order valence-electron chi connectivity index (χ3n) is 4.57. The Bertz CT molecular complexity index is 804. The van der Waals surface area contributed by atoms with Crippen LogP contribution >= 0.6 is 24.0 Å². The first-order valence-corrected chi connectivity index (χ1v) is 9.87. The summed E-state index contributed by atoms with van der Waals surface area (Å²) in [4.78, 5) is 0. The maximum atomic E-state index is 5.91. The molecule has 1 unspecified atom stereocenters. The van der Waals surface area contributed by atoms with Gasteiger partial charge < -0.3 is 10.1 Å². The van der Waals surface area contributed by atoms with Crippen LogP contribution in [0.5, 0.6) is 5.75 Å². The smallest absolute Gasteiger partial charge is 0.119 e. The van der Waals surface area contributed by atoms with E-state index in [9.17, 15) is 0 Å². The Morgan fingerprint density at radius 1 is 0.857 bits per heavy atom. The molecule has 0 fully saturated rings. The average Bonchev–Trinajstić information content (AvgIpc) is 2.72. The summed E-state index contributed by atoms with van der Waals surface area (Å²) in [6, 6.07) is 27.1. The van der Waals surface area contributed by atoms with Gasteiger partial charge in [-0.15, -0.1) is 12.4 Å². The van der Waals surface area contributed by atoms with Gasteiger partial charge in [0, 0.05) is 17.6 Å². The molecule has 0 bridgehead atoms. The van der Waals surface area contributed by atoms with E-state index in [1.807, 2.05) is 36.4 Å². The summed E-state index contributed by atoms with van der Waals surface area (Å²) in [5.41, 5.74) is 3.71. The molecule has 0 amide bonds. The molecule has 0 aromatic heterocycles.